The third-order valence-electron chi connectivity index (χ3n) is 0.500. The maximum absolute atomic E-state index is 9.06. The van der Waals surface area contributed by atoms with Gasteiger partial charge in [0.05, 0.1) is 0 Å². The molecule has 0 fully saturated rings. The Morgan fingerprint density at radius 2 is 0.407 bits per heavy atom. The fourth-order valence-electron chi connectivity index (χ4n) is 0.204. The van der Waals surface area contributed by atoms with E-state index in [1.54, 1.807) is 0 Å². The van der Waals surface area contributed by atoms with E-state index in [2.05, 4.69) is 14.2 Å². The molecule has 0 N–H and O–H groups in total. The van der Waals surface area contributed by atoms with Crippen LogP contribution in [0.4, 0.5) is 28.8 Å². The summed E-state index contributed by atoms with van der Waals surface area (Å²) in [5.41, 5.74) is 0. The molecular formula is C6K6O15. The van der Waals surface area contributed by atoms with Crippen LogP contribution in [0, 0.1) is 0 Å². The largest absolute Gasteiger partial charge is 1.00 e. The molecule has 0 amide bonds. The van der Waals surface area contributed by atoms with Crippen LogP contribution in [0.3, 0.4) is 0 Å². The fraction of sp³-hybridized carbons (Fsp3) is 0. The van der Waals surface area contributed by atoms with Gasteiger partial charge in [-0.05, 0) is 0 Å². The van der Waals surface area contributed by atoms with E-state index in [-0.39, 0.29) is 308 Å². The summed E-state index contributed by atoms with van der Waals surface area (Å²) in [5.74, 6) is 0. The van der Waals surface area contributed by atoms with Crippen LogP contribution in [0.25, 0.3) is 0 Å². The van der Waals surface area contributed by atoms with Crippen molar-refractivity contribution in [1.82, 2.24) is 0 Å². The van der Waals surface area contributed by atoms with E-state index in [1.165, 1.54) is 0 Å². The van der Waals surface area contributed by atoms with Crippen LogP contribution >= 0.6 is 0 Å². The molecule has 0 saturated heterocycles. The number of hydrogen-bond acceptors (Lipinski definition) is 15. The molecule has 0 heterocycles. The Balaban J connectivity index is -0.0000000231. The molecule has 0 aromatic heterocycles. The summed E-state index contributed by atoms with van der Waals surface area (Å²) in [5, 5.41) is 54.3. The zero-order chi connectivity index (χ0) is 17.6. The molecule has 0 bridgehead atoms. The van der Waals surface area contributed by atoms with Crippen LogP contribution in [0.2, 0.25) is 0 Å². The van der Waals surface area contributed by atoms with Crippen molar-refractivity contribution in [2.24, 2.45) is 0 Å². The van der Waals surface area contributed by atoms with Gasteiger partial charge in [0.25, 0.3) is 36.9 Å². The van der Waals surface area contributed by atoms with Gasteiger partial charge in [-0.25, -0.2) is 0 Å². The molecule has 0 aliphatic heterocycles. The molecule has 0 aliphatic carbocycles. The molecule has 0 aromatic carbocycles. The van der Waals surface area contributed by atoms with Crippen LogP contribution in [-0.4, -0.2) is 36.9 Å². The summed E-state index contributed by atoms with van der Waals surface area (Å²) in [6.07, 6.45) is -12.7. The Morgan fingerprint density at radius 3 is 0.407 bits per heavy atom. The Hall–Kier alpha value is 6.04. The number of ether oxygens (including phenoxy) is 3. The molecule has 0 atom stereocenters. The minimum absolute atomic E-state index is 0. The third kappa shape index (κ3) is 88.8. The number of carbonyl (C=O) groups excluding carboxylic acids is 6. The van der Waals surface area contributed by atoms with Crippen molar-refractivity contribution >= 4 is 36.9 Å². The first-order valence-corrected chi connectivity index (χ1v) is 3.67. The normalized spacial score (nSPS) is 5.78. The molecule has 21 heteroatoms. The van der Waals surface area contributed by atoms with Crippen LogP contribution < -0.4 is 339 Å². The first kappa shape index (κ1) is 58.7. The van der Waals surface area contributed by atoms with Gasteiger partial charge in [-0.1, -0.05) is 0 Å². The predicted molar refractivity (Wildman–Crippen MR) is 35.6 cm³/mol. The first-order valence-electron chi connectivity index (χ1n) is 3.67. The third-order valence-corrected chi connectivity index (χ3v) is 0.500. The van der Waals surface area contributed by atoms with E-state index < -0.39 is 36.9 Å². The second-order valence-electron chi connectivity index (χ2n) is 1.81. The molecule has 27 heavy (non-hydrogen) atoms. The molecule has 0 unspecified atom stereocenters. The summed E-state index contributed by atoms with van der Waals surface area (Å²) in [6, 6.07) is 0. The van der Waals surface area contributed by atoms with E-state index in [9.17, 15) is 0 Å². The average Bonchev–Trinajstić information content (AvgIpc) is 2.10. The molecule has 0 rings (SSSR count). The molecule has 15 nitrogen and oxygen atoms in total. The van der Waals surface area contributed by atoms with Crippen LogP contribution in [-0.2, 0) is 14.2 Å². The summed E-state index contributed by atoms with van der Waals surface area (Å²) >= 11 is 0. The minimum Gasteiger partial charge on any atom is -0.483 e. The SMILES string of the molecule is O=C([O-])OC(=O)[O-].O=C([O-])OC(=O)[O-].O=C([O-])OC(=O)[O-].[K+].[K+].[K+].[K+].[K+].[K+]. The first-order chi connectivity index (χ1) is 9.38. The molecule has 0 saturated carbocycles. The molecule has 0 aromatic rings. The molecule has 0 radical (unpaired) electrons. The van der Waals surface area contributed by atoms with Crippen LogP contribution in [0.1, 0.15) is 0 Å². The van der Waals surface area contributed by atoms with E-state index >= 15 is 0 Å². The van der Waals surface area contributed by atoms with Crippen molar-refractivity contribution in [3.63, 3.8) is 0 Å². The van der Waals surface area contributed by atoms with Crippen molar-refractivity contribution in [2.45, 2.75) is 0 Å². The summed E-state index contributed by atoms with van der Waals surface area (Å²) in [4.78, 5) is 54.3. The van der Waals surface area contributed by atoms with Crippen molar-refractivity contribution in [2.75, 3.05) is 0 Å². The number of carbonyl (C=O) groups is 6. The number of hydrogen-bond donors (Lipinski definition) is 0. The second kappa shape index (κ2) is 42.2. The Kier molecular flexibility index (Phi) is 91.8. The van der Waals surface area contributed by atoms with Gasteiger partial charge in [0.2, 0.25) is 0 Å². The van der Waals surface area contributed by atoms with Gasteiger partial charge in [0.1, 0.15) is 0 Å². The molecule has 120 valence electrons. The van der Waals surface area contributed by atoms with Gasteiger partial charge in [0, 0.05) is 0 Å². The predicted octanol–water partition coefficient (Wildman–Crippen LogP) is -24.9. The number of carboxylic acid groups (broad SMARTS) is 6. The van der Waals surface area contributed by atoms with Crippen LogP contribution in [0.5, 0.6) is 0 Å². The van der Waals surface area contributed by atoms with Crippen molar-refractivity contribution < 1.29 is 382 Å². The smallest absolute Gasteiger partial charge is 0.483 e. The van der Waals surface area contributed by atoms with Gasteiger partial charge in [-0.3, -0.25) is 0 Å². The maximum atomic E-state index is 9.06. The van der Waals surface area contributed by atoms with Gasteiger partial charge in [-0.2, -0.15) is 0 Å². The van der Waals surface area contributed by atoms with Gasteiger partial charge >= 0.3 is 308 Å². The maximum Gasteiger partial charge on any atom is 1.00 e. The topological polar surface area (TPSA) is 268 Å². The molecule has 0 aliphatic rings. The van der Waals surface area contributed by atoms with Gasteiger partial charge in [-0.15, -0.1) is 0 Å². The monoisotopic (exact) mass is 546 g/mol. The Morgan fingerprint density at radius 1 is 0.333 bits per heavy atom. The summed E-state index contributed by atoms with van der Waals surface area (Å²) in [7, 11) is 0. The van der Waals surface area contributed by atoms with E-state index in [0.29, 0.717) is 0 Å². The van der Waals surface area contributed by atoms with Crippen LogP contribution in [0.15, 0.2) is 0 Å². The second-order valence-corrected chi connectivity index (χ2v) is 1.81. The molecule has 0 spiro atoms. The average molecular weight is 547 g/mol. The fourth-order valence-corrected chi connectivity index (χ4v) is 0.204. The number of rotatable bonds is 0. The minimum atomic E-state index is -2.12. The Labute approximate surface area is 405 Å². The van der Waals surface area contributed by atoms with E-state index in [0.717, 1.165) is 0 Å². The van der Waals surface area contributed by atoms with Crippen molar-refractivity contribution in [1.29, 1.82) is 0 Å². The van der Waals surface area contributed by atoms with Gasteiger partial charge in [0.15, 0.2) is 0 Å². The van der Waals surface area contributed by atoms with Gasteiger partial charge < -0.3 is 73.6 Å². The summed E-state index contributed by atoms with van der Waals surface area (Å²) < 4.78 is 8.58. The molecular weight excluding hydrogens is 547 g/mol. The zero-order valence-corrected chi connectivity index (χ0v) is 33.9. The zero-order valence-electron chi connectivity index (χ0n) is 15.1. The summed E-state index contributed by atoms with van der Waals surface area (Å²) in [6.45, 7) is 0. The van der Waals surface area contributed by atoms with E-state index in [4.69, 9.17) is 59.4 Å². The van der Waals surface area contributed by atoms with Crippen molar-refractivity contribution in [3.8, 4) is 0 Å². The standard InChI is InChI=1S/3C2H2O5.6K/c3*3-1(4)7-2(5)6;;;;;;/h3*(H,3,4)(H,5,6);;;;;;/q;;;6*+1/p-6. The Bertz CT molecular complexity index is 329. The quantitative estimate of drug-likeness (QED) is 0.118. The van der Waals surface area contributed by atoms with Crippen molar-refractivity contribution in [3.05, 3.63) is 0 Å². The van der Waals surface area contributed by atoms with E-state index in [1.807, 2.05) is 0 Å².